The third-order valence-electron chi connectivity index (χ3n) is 3.11. The van der Waals surface area contributed by atoms with Gasteiger partial charge in [0.05, 0.1) is 5.69 Å². The van der Waals surface area contributed by atoms with E-state index in [4.69, 9.17) is 0 Å². The summed E-state index contributed by atoms with van der Waals surface area (Å²) in [6, 6.07) is 10.9. The highest BCUT2D eigenvalue weighted by molar-refractivity contribution is 9.10. The zero-order valence-electron chi connectivity index (χ0n) is 10.4. The molecule has 1 N–H and O–H groups in total. The van der Waals surface area contributed by atoms with Gasteiger partial charge in [-0.2, -0.15) is 0 Å². The van der Waals surface area contributed by atoms with Crippen molar-refractivity contribution in [3.63, 3.8) is 0 Å². The van der Waals surface area contributed by atoms with Crippen LogP contribution in [0.4, 0.5) is 10.1 Å². The van der Waals surface area contributed by atoms with E-state index in [9.17, 15) is 4.39 Å². The Labute approximate surface area is 115 Å². The highest BCUT2D eigenvalue weighted by Crippen LogP contribution is 2.24. The molecule has 0 saturated carbocycles. The van der Waals surface area contributed by atoms with Crippen molar-refractivity contribution < 1.29 is 4.39 Å². The molecule has 18 heavy (non-hydrogen) atoms. The Morgan fingerprint density at radius 2 is 1.94 bits per heavy atom. The maximum atomic E-state index is 13.2. The van der Waals surface area contributed by atoms with E-state index in [1.807, 2.05) is 6.07 Å². The molecule has 2 aromatic carbocycles. The second-order valence-corrected chi connectivity index (χ2v) is 5.19. The van der Waals surface area contributed by atoms with Crippen molar-refractivity contribution in [2.24, 2.45) is 0 Å². The summed E-state index contributed by atoms with van der Waals surface area (Å²) in [5.41, 5.74) is 4.55. The third kappa shape index (κ3) is 2.91. The van der Waals surface area contributed by atoms with Gasteiger partial charge in [0.1, 0.15) is 5.82 Å². The van der Waals surface area contributed by atoms with Crippen LogP contribution < -0.4 is 5.32 Å². The van der Waals surface area contributed by atoms with Crippen LogP contribution in [0.5, 0.6) is 0 Å². The fourth-order valence-electron chi connectivity index (χ4n) is 1.83. The Morgan fingerprint density at radius 1 is 1.17 bits per heavy atom. The van der Waals surface area contributed by atoms with Gasteiger partial charge >= 0.3 is 0 Å². The normalized spacial score (nSPS) is 10.4. The van der Waals surface area contributed by atoms with Crippen molar-refractivity contribution >= 4 is 21.6 Å². The topological polar surface area (TPSA) is 12.0 Å². The van der Waals surface area contributed by atoms with Crippen LogP contribution in [0, 0.1) is 19.7 Å². The molecule has 0 aliphatic rings. The van der Waals surface area contributed by atoms with E-state index >= 15 is 0 Å². The number of hydrogen-bond donors (Lipinski definition) is 1. The maximum Gasteiger partial charge on any atom is 0.125 e. The maximum absolute atomic E-state index is 13.2. The molecule has 0 heterocycles. The van der Waals surface area contributed by atoms with Gasteiger partial charge in [-0.15, -0.1) is 0 Å². The van der Waals surface area contributed by atoms with Gasteiger partial charge in [-0.05, 0) is 64.7 Å². The van der Waals surface area contributed by atoms with Crippen molar-refractivity contribution in [1.82, 2.24) is 0 Å². The number of halogens is 2. The molecule has 94 valence electrons. The zero-order valence-corrected chi connectivity index (χ0v) is 12.0. The summed E-state index contributed by atoms with van der Waals surface area (Å²) in [6.07, 6.45) is 0. The predicted molar refractivity (Wildman–Crippen MR) is 77.3 cm³/mol. The predicted octanol–water partition coefficient (Wildman–Crippen LogP) is 4.82. The number of nitrogens with one attached hydrogen (secondary N) is 1. The molecule has 0 spiro atoms. The first-order valence-corrected chi connectivity index (χ1v) is 6.61. The molecule has 1 nitrogen and oxygen atoms in total. The Bertz CT molecular complexity index is 564. The van der Waals surface area contributed by atoms with Crippen LogP contribution in [0.15, 0.2) is 40.9 Å². The van der Waals surface area contributed by atoms with Gasteiger partial charge in [-0.3, -0.25) is 0 Å². The molecule has 0 unspecified atom stereocenters. The Kier molecular flexibility index (Phi) is 4.02. The van der Waals surface area contributed by atoms with Crippen molar-refractivity contribution in [3.8, 4) is 0 Å². The number of aryl methyl sites for hydroxylation is 1. The minimum absolute atomic E-state index is 0.235. The molecule has 0 radical (unpaired) electrons. The molecule has 0 fully saturated rings. The smallest absolute Gasteiger partial charge is 0.125 e. The summed E-state index contributed by atoms with van der Waals surface area (Å²) < 4.78 is 14.0. The molecule has 0 aliphatic carbocycles. The summed E-state index contributed by atoms with van der Waals surface area (Å²) in [5.74, 6) is -0.235. The molecular weight excluding hydrogens is 293 g/mol. The lowest BCUT2D eigenvalue weighted by molar-refractivity contribution is 0.628. The second kappa shape index (κ2) is 5.53. The second-order valence-electron chi connectivity index (χ2n) is 4.34. The highest BCUT2D eigenvalue weighted by Gasteiger charge is 2.04. The Morgan fingerprint density at radius 3 is 2.72 bits per heavy atom. The number of benzene rings is 2. The molecule has 3 heteroatoms. The summed E-state index contributed by atoms with van der Waals surface area (Å²) in [7, 11) is 0. The average molecular weight is 308 g/mol. The van der Waals surface area contributed by atoms with Gasteiger partial charge < -0.3 is 5.32 Å². The highest BCUT2D eigenvalue weighted by atomic mass is 79.9. The van der Waals surface area contributed by atoms with E-state index in [1.165, 1.54) is 28.8 Å². The molecule has 0 bridgehead atoms. The van der Waals surface area contributed by atoms with Gasteiger partial charge in [0.15, 0.2) is 0 Å². The standard InChI is InChI=1S/C15H15BrFN/c1-10-4-3-5-12(11(10)2)9-18-15-8-13(17)6-7-14(15)16/h3-8,18H,9H2,1-2H3. The van der Waals surface area contributed by atoms with E-state index < -0.39 is 0 Å². The van der Waals surface area contributed by atoms with Crippen LogP contribution in [0.2, 0.25) is 0 Å². The Balaban J connectivity index is 2.16. The van der Waals surface area contributed by atoms with Crippen LogP contribution in [-0.2, 0) is 6.54 Å². The summed E-state index contributed by atoms with van der Waals surface area (Å²) in [4.78, 5) is 0. The number of hydrogen-bond acceptors (Lipinski definition) is 1. The SMILES string of the molecule is Cc1cccc(CNc2cc(F)ccc2Br)c1C. The van der Waals surface area contributed by atoms with Crippen molar-refractivity contribution in [2.75, 3.05) is 5.32 Å². The van der Waals surface area contributed by atoms with E-state index in [-0.39, 0.29) is 5.82 Å². The van der Waals surface area contributed by atoms with Gasteiger partial charge in [-0.1, -0.05) is 18.2 Å². The lowest BCUT2D eigenvalue weighted by atomic mass is 10.0. The average Bonchev–Trinajstić information content (AvgIpc) is 2.35. The zero-order chi connectivity index (χ0) is 13.1. The van der Waals surface area contributed by atoms with Crippen LogP contribution >= 0.6 is 15.9 Å². The van der Waals surface area contributed by atoms with E-state index in [1.54, 1.807) is 6.07 Å². The van der Waals surface area contributed by atoms with Gasteiger partial charge in [0.2, 0.25) is 0 Å². The molecule has 0 aromatic heterocycles. The van der Waals surface area contributed by atoms with Crippen molar-refractivity contribution in [2.45, 2.75) is 20.4 Å². The molecule has 2 aromatic rings. The lowest BCUT2D eigenvalue weighted by Crippen LogP contribution is -2.03. The molecular formula is C15H15BrFN. The van der Waals surface area contributed by atoms with Crippen LogP contribution in [0.1, 0.15) is 16.7 Å². The third-order valence-corrected chi connectivity index (χ3v) is 3.81. The fraction of sp³-hybridized carbons (Fsp3) is 0.200. The fourth-order valence-corrected chi connectivity index (χ4v) is 2.21. The largest absolute Gasteiger partial charge is 0.380 e. The monoisotopic (exact) mass is 307 g/mol. The van der Waals surface area contributed by atoms with E-state index in [0.717, 1.165) is 10.2 Å². The van der Waals surface area contributed by atoms with E-state index in [0.29, 0.717) is 6.54 Å². The minimum Gasteiger partial charge on any atom is -0.380 e. The summed E-state index contributed by atoms with van der Waals surface area (Å²) in [6.45, 7) is 4.89. The number of rotatable bonds is 3. The van der Waals surface area contributed by atoms with Crippen LogP contribution in [0.25, 0.3) is 0 Å². The van der Waals surface area contributed by atoms with E-state index in [2.05, 4.69) is 47.2 Å². The molecule has 2 rings (SSSR count). The van der Waals surface area contributed by atoms with Gasteiger partial charge in [0, 0.05) is 11.0 Å². The molecule has 0 saturated heterocycles. The molecule has 0 aliphatic heterocycles. The number of anilines is 1. The minimum atomic E-state index is -0.235. The van der Waals surface area contributed by atoms with Crippen LogP contribution in [0.3, 0.4) is 0 Å². The Hall–Kier alpha value is -1.35. The van der Waals surface area contributed by atoms with Crippen molar-refractivity contribution in [1.29, 1.82) is 0 Å². The summed E-state index contributed by atoms with van der Waals surface area (Å²) >= 11 is 3.41. The summed E-state index contributed by atoms with van der Waals surface area (Å²) in [5, 5.41) is 3.25. The molecule has 0 atom stereocenters. The van der Waals surface area contributed by atoms with Crippen LogP contribution in [-0.4, -0.2) is 0 Å². The lowest BCUT2D eigenvalue weighted by Gasteiger charge is -2.12. The first kappa shape index (κ1) is 13.1. The first-order chi connectivity index (χ1) is 8.58. The van der Waals surface area contributed by atoms with Gasteiger partial charge in [0.25, 0.3) is 0 Å². The van der Waals surface area contributed by atoms with Gasteiger partial charge in [-0.25, -0.2) is 4.39 Å². The molecule has 0 amide bonds. The van der Waals surface area contributed by atoms with Crippen molar-refractivity contribution in [3.05, 3.63) is 63.4 Å². The first-order valence-electron chi connectivity index (χ1n) is 5.82. The quantitative estimate of drug-likeness (QED) is 0.857.